The summed E-state index contributed by atoms with van der Waals surface area (Å²) in [4.78, 5) is 30.6. The Kier molecular flexibility index (Phi) is 15.7. The molecule has 0 bridgehead atoms. The standard InChI is InChI=1S/C22H43O6P/c1-5-7-9-11-13-15-17-22(19-27-29(24,25)26,28-21(23)20(3)4)18-16-14-12-10-8-6-2/h3,5-19H2,1-2,4H3,(H2,24,25,26). The first-order valence-electron chi connectivity index (χ1n) is 11.2. The van der Waals surface area contributed by atoms with Gasteiger partial charge < -0.3 is 14.5 Å². The minimum absolute atomic E-state index is 0.274. The molecule has 0 rings (SSSR count). The van der Waals surface area contributed by atoms with Crippen LogP contribution in [0.1, 0.15) is 111 Å². The maximum Gasteiger partial charge on any atom is 0.469 e. The Morgan fingerprint density at radius 3 is 1.66 bits per heavy atom. The van der Waals surface area contributed by atoms with Gasteiger partial charge in [-0.15, -0.1) is 0 Å². The highest BCUT2D eigenvalue weighted by Gasteiger charge is 2.36. The van der Waals surface area contributed by atoms with Gasteiger partial charge in [-0.3, -0.25) is 4.52 Å². The molecule has 0 unspecified atom stereocenters. The van der Waals surface area contributed by atoms with Crippen molar-refractivity contribution in [2.75, 3.05) is 6.61 Å². The fourth-order valence-corrected chi connectivity index (χ4v) is 3.74. The van der Waals surface area contributed by atoms with E-state index in [1.54, 1.807) is 6.92 Å². The second-order valence-corrected chi connectivity index (χ2v) is 9.39. The summed E-state index contributed by atoms with van der Waals surface area (Å²) >= 11 is 0. The van der Waals surface area contributed by atoms with Gasteiger partial charge in [-0.2, -0.15) is 0 Å². The predicted molar refractivity (Wildman–Crippen MR) is 118 cm³/mol. The van der Waals surface area contributed by atoms with Gasteiger partial charge in [-0.05, 0) is 32.6 Å². The van der Waals surface area contributed by atoms with Gasteiger partial charge in [0, 0.05) is 5.57 Å². The fourth-order valence-electron chi connectivity index (χ4n) is 3.34. The quantitative estimate of drug-likeness (QED) is 0.105. The molecule has 172 valence electrons. The van der Waals surface area contributed by atoms with Crippen LogP contribution in [0.25, 0.3) is 0 Å². The number of carbonyl (C=O) groups is 1. The van der Waals surface area contributed by atoms with Crippen molar-refractivity contribution in [1.29, 1.82) is 0 Å². The summed E-state index contributed by atoms with van der Waals surface area (Å²) in [5, 5.41) is 0. The molecule has 7 heteroatoms. The van der Waals surface area contributed by atoms with E-state index in [4.69, 9.17) is 9.26 Å². The third kappa shape index (κ3) is 15.8. The molecular formula is C22H43O6P. The molecule has 0 aliphatic rings. The van der Waals surface area contributed by atoms with E-state index in [9.17, 15) is 19.1 Å². The van der Waals surface area contributed by atoms with Crippen LogP contribution in [0.4, 0.5) is 0 Å². The van der Waals surface area contributed by atoms with Gasteiger partial charge in [0.1, 0.15) is 5.60 Å². The molecule has 29 heavy (non-hydrogen) atoms. The first-order valence-corrected chi connectivity index (χ1v) is 12.8. The van der Waals surface area contributed by atoms with E-state index in [0.29, 0.717) is 12.8 Å². The predicted octanol–water partition coefficient (Wildman–Crippen LogP) is 6.46. The zero-order valence-electron chi connectivity index (χ0n) is 18.8. The molecule has 0 aliphatic carbocycles. The van der Waals surface area contributed by atoms with Crippen LogP contribution in [-0.2, 0) is 18.6 Å². The third-order valence-corrected chi connectivity index (χ3v) is 5.59. The summed E-state index contributed by atoms with van der Waals surface area (Å²) in [6.45, 7) is 9.26. The van der Waals surface area contributed by atoms with E-state index < -0.39 is 19.4 Å². The molecule has 0 aromatic carbocycles. The van der Waals surface area contributed by atoms with Crippen molar-refractivity contribution in [3.63, 3.8) is 0 Å². The SMILES string of the molecule is C=C(C)C(=O)OC(CCCCCCCC)(CCCCCCCC)COP(=O)(O)O. The Morgan fingerprint density at radius 2 is 1.28 bits per heavy atom. The molecule has 0 saturated heterocycles. The third-order valence-electron chi connectivity index (χ3n) is 5.13. The van der Waals surface area contributed by atoms with E-state index in [0.717, 1.165) is 38.5 Å². The number of esters is 1. The topological polar surface area (TPSA) is 93.1 Å². The second kappa shape index (κ2) is 16.1. The Hall–Kier alpha value is -0.680. The summed E-state index contributed by atoms with van der Waals surface area (Å²) < 4.78 is 21.9. The lowest BCUT2D eigenvalue weighted by Gasteiger charge is -2.34. The molecule has 0 atom stereocenters. The average molecular weight is 435 g/mol. The molecular weight excluding hydrogens is 391 g/mol. The number of rotatable bonds is 19. The number of phosphoric acid groups is 1. The van der Waals surface area contributed by atoms with Crippen LogP contribution >= 0.6 is 7.82 Å². The zero-order valence-corrected chi connectivity index (χ0v) is 19.7. The van der Waals surface area contributed by atoms with Crippen molar-refractivity contribution in [2.24, 2.45) is 0 Å². The van der Waals surface area contributed by atoms with Crippen molar-refractivity contribution in [1.82, 2.24) is 0 Å². The van der Waals surface area contributed by atoms with Gasteiger partial charge >= 0.3 is 13.8 Å². The first-order chi connectivity index (χ1) is 13.7. The molecule has 0 aliphatic heterocycles. The molecule has 0 heterocycles. The molecule has 0 radical (unpaired) electrons. The molecule has 0 aromatic heterocycles. The number of carbonyl (C=O) groups excluding carboxylic acids is 1. The Bertz CT molecular complexity index is 484. The lowest BCUT2D eigenvalue weighted by molar-refractivity contribution is -0.161. The highest BCUT2D eigenvalue weighted by atomic mass is 31.2. The van der Waals surface area contributed by atoms with Crippen LogP contribution in [0.3, 0.4) is 0 Å². The van der Waals surface area contributed by atoms with Gasteiger partial charge in [0.15, 0.2) is 0 Å². The smallest absolute Gasteiger partial charge is 0.453 e. The van der Waals surface area contributed by atoms with E-state index in [-0.39, 0.29) is 12.2 Å². The average Bonchev–Trinajstić information content (AvgIpc) is 2.65. The molecule has 6 nitrogen and oxygen atoms in total. The fraction of sp³-hybridized carbons (Fsp3) is 0.864. The van der Waals surface area contributed by atoms with E-state index in [2.05, 4.69) is 20.4 Å². The summed E-state index contributed by atoms with van der Waals surface area (Å²) in [6.07, 6.45) is 14.0. The maximum atomic E-state index is 12.3. The van der Waals surface area contributed by atoms with Crippen LogP contribution in [0.2, 0.25) is 0 Å². The van der Waals surface area contributed by atoms with Crippen LogP contribution in [0, 0.1) is 0 Å². The van der Waals surface area contributed by atoms with Crippen molar-refractivity contribution in [2.45, 2.75) is 116 Å². The van der Waals surface area contributed by atoms with Crippen LogP contribution in [-0.4, -0.2) is 28.0 Å². The summed E-state index contributed by atoms with van der Waals surface area (Å²) in [7, 11) is -4.65. The van der Waals surface area contributed by atoms with E-state index in [1.165, 1.54) is 38.5 Å². The summed E-state index contributed by atoms with van der Waals surface area (Å²) in [5.41, 5.74) is -0.747. The van der Waals surface area contributed by atoms with Crippen molar-refractivity contribution in [3.05, 3.63) is 12.2 Å². The normalized spacial score (nSPS) is 12.2. The zero-order chi connectivity index (χ0) is 22.2. The van der Waals surface area contributed by atoms with E-state index in [1.807, 2.05) is 0 Å². The lowest BCUT2D eigenvalue weighted by atomic mass is 9.89. The van der Waals surface area contributed by atoms with Gasteiger partial charge in [0.25, 0.3) is 0 Å². The molecule has 0 fully saturated rings. The molecule has 0 aromatic rings. The van der Waals surface area contributed by atoms with Gasteiger partial charge in [-0.25, -0.2) is 9.36 Å². The van der Waals surface area contributed by atoms with Crippen LogP contribution < -0.4 is 0 Å². The number of phosphoric ester groups is 1. The highest BCUT2D eigenvalue weighted by molar-refractivity contribution is 7.46. The van der Waals surface area contributed by atoms with Gasteiger partial charge in [-0.1, -0.05) is 84.6 Å². The highest BCUT2D eigenvalue weighted by Crippen LogP contribution is 2.40. The first kappa shape index (κ1) is 28.3. The van der Waals surface area contributed by atoms with Gasteiger partial charge in [0.2, 0.25) is 0 Å². The lowest BCUT2D eigenvalue weighted by Crippen LogP contribution is -2.40. The van der Waals surface area contributed by atoms with Crippen LogP contribution in [0.5, 0.6) is 0 Å². The number of ether oxygens (including phenoxy) is 1. The number of hydrogen-bond acceptors (Lipinski definition) is 4. The largest absolute Gasteiger partial charge is 0.469 e. The van der Waals surface area contributed by atoms with Gasteiger partial charge in [0.05, 0.1) is 6.61 Å². The number of hydrogen-bond donors (Lipinski definition) is 2. The Morgan fingerprint density at radius 1 is 0.862 bits per heavy atom. The van der Waals surface area contributed by atoms with Crippen molar-refractivity contribution < 1.29 is 28.4 Å². The molecule has 2 N–H and O–H groups in total. The van der Waals surface area contributed by atoms with Crippen molar-refractivity contribution in [3.8, 4) is 0 Å². The summed E-state index contributed by atoms with van der Waals surface area (Å²) in [6, 6.07) is 0. The molecule has 0 saturated carbocycles. The minimum Gasteiger partial charge on any atom is -0.453 e. The minimum atomic E-state index is -4.65. The molecule has 0 amide bonds. The van der Waals surface area contributed by atoms with Crippen molar-refractivity contribution >= 4 is 13.8 Å². The Labute approximate surface area is 177 Å². The maximum absolute atomic E-state index is 12.3. The van der Waals surface area contributed by atoms with E-state index >= 15 is 0 Å². The Balaban J connectivity index is 5.03. The van der Waals surface area contributed by atoms with Crippen LogP contribution in [0.15, 0.2) is 12.2 Å². The summed E-state index contributed by atoms with van der Waals surface area (Å²) in [5.74, 6) is -0.531. The monoisotopic (exact) mass is 434 g/mol. The number of unbranched alkanes of at least 4 members (excludes halogenated alkanes) is 10. The molecule has 0 spiro atoms. The second-order valence-electron chi connectivity index (χ2n) is 8.15.